The van der Waals surface area contributed by atoms with Crippen LogP contribution in [0, 0.1) is 0 Å². The Labute approximate surface area is 107 Å². The maximum Gasteiger partial charge on any atom is 0.373 e. The lowest BCUT2D eigenvalue weighted by molar-refractivity contribution is -0.191. The molecular weight excluding hydrogens is 234 g/mol. The van der Waals surface area contributed by atoms with Crippen LogP contribution in [0.1, 0.15) is 19.4 Å². The summed E-state index contributed by atoms with van der Waals surface area (Å²) in [7, 11) is 1.65. The Hall–Kier alpha value is -1.84. The van der Waals surface area contributed by atoms with E-state index in [1.165, 1.54) is 5.56 Å². The number of rotatable bonds is 5. The zero-order valence-corrected chi connectivity index (χ0v) is 10.9. The van der Waals surface area contributed by atoms with Gasteiger partial charge in [0.1, 0.15) is 0 Å². The number of hydrogen-bond donors (Lipinski definition) is 1. The van der Waals surface area contributed by atoms with Gasteiger partial charge in [-0.25, -0.2) is 0 Å². The van der Waals surface area contributed by atoms with E-state index in [1.54, 1.807) is 7.11 Å². The normalized spacial score (nSPS) is 9.17. The number of carbonyl (C=O) groups excluding carboxylic acids is 2. The highest BCUT2D eigenvalue weighted by Gasteiger charge is 2.06. The monoisotopic (exact) mass is 253 g/mol. The highest BCUT2D eigenvalue weighted by molar-refractivity contribution is 5.43. The van der Waals surface area contributed by atoms with E-state index in [0.29, 0.717) is 6.54 Å². The lowest BCUT2D eigenvalue weighted by Crippen LogP contribution is -2.07. The second-order valence-electron chi connectivity index (χ2n) is 3.77. The van der Waals surface area contributed by atoms with Crippen molar-refractivity contribution in [3.8, 4) is 11.5 Å². The van der Waals surface area contributed by atoms with Gasteiger partial charge >= 0.3 is 6.15 Å². The Morgan fingerprint density at radius 1 is 1.28 bits per heavy atom. The molecule has 2 N–H and O–H groups in total. The predicted molar refractivity (Wildman–Crippen MR) is 66.5 cm³/mol. The predicted octanol–water partition coefficient (Wildman–Crippen LogP) is 1.40. The standard InChI is InChI=1S/C12H19NO2.CO2/c1-9(2)15-11-5-4-10(6-7-13)8-12(11)14-3;2-1-3/h4-5,8-9H,6-7,13H2,1-3H3;. The molecular formula is C13H19NO4. The van der Waals surface area contributed by atoms with Crippen LogP contribution >= 0.6 is 0 Å². The molecule has 1 aromatic rings. The van der Waals surface area contributed by atoms with Crippen LogP contribution in [0.25, 0.3) is 0 Å². The Morgan fingerprint density at radius 2 is 1.89 bits per heavy atom. The molecule has 0 spiro atoms. The Bertz CT molecular complexity index is 385. The van der Waals surface area contributed by atoms with Crippen LogP contribution in [0.2, 0.25) is 0 Å². The molecule has 5 heteroatoms. The van der Waals surface area contributed by atoms with Crippen molar-refractivity contribution in [1.29, 1.82) is 0 Å². The van der Waals surface area contributed by atoms with Crippen molar-refractivity contribution < 1.29 is 19.1 Å². The molecule has 0 atom stereocenters. The molecule has 0 radical (unpaired) electrons. The molecule has 0 aromatic heterocycles. The average molecular weight is 253 g/mol. The van der Waals surface area contributed by atoms with Gasteiger partial charge in [-0.3, -0.25) is 0 Å². The van der Waals surface area contributed by atoms with Gasteiger partial charge in [-0.2, -0.15) is 9.59 Å². The molecule has 100 valence electrons. The summed E-state index contributed by atoms with van der Waals surface area (Å²) >= 11 is 0. The van der Waals surface area contributed by atoms with Crippen molar-refractivity contribution in [3.05, 3.63) is 23.8 Å². The number of nitrogens with two attached hydrogens (primary N) is 1. The minimum Gasteiger partial charge on any atom is -0.493 e. The molecule has 0 bridgehead atoms. The molecule has 0 fully saturated rings. The van der Waals surface area contributed by atoms with E-state index in [2.05, 4.69) is 0 Å². The zero-order valence-electron chi connectivity index (χ0n) is 10.9. The zero-order chi connectivity index (χ0) is 14.0. The molecule has 1 aromatic carbocycles. The van der Waals surface area contributed by atoms with E-state index in [-0.39, 0.29) is 12.3 Å². The smallest absolute Gasteiger partial charge is 0.373 e. The Morgan fingerprint density at radius 3 is 2.33 bits per heavy atom. The van der Waals surface area contributed by atoms with Crippen LogP contribution < -0.4 is 15.2 Å². The quantitative estimate of drug-likeness (QED) is 0.858. The van der Waals surface area contributed by atoms with Crippen LogP contribution in [0.3, 0.4) is 0 Å². The van der Waals surface area contributed by atoms with Crippen LogP contribution in [0.15, 0.2) is 18.2 Å². The second-order valence-corrected chi connectivity index (χ2v) is 3.77. The molecule has 0 heterocycles. The molecule has 1 rings (SSSR count). The minimum atomic E-state index is 0.152. The third-order valence-corrected chi connectivity index (χ3v) is 2.02. The SMILES string of the molecule is COc1cc(CCN)ccc1OC(C)C.O=C=O. The van der Waals surface area contributed by atoms with Crippen molar-refractivity contribution in [3.63, 3.8) is 0 Å². The van der Waals surface area contributed by atoms with Gasteiger partial charge in [0, 0.05) is 0 Å². The Balaban J connectivity index is 0.000000873. The lowest BCUT2D eigenvalue weighted by atomic mass is 10.1. The molecule has 0 amide bonds. The van der Waals surface area contributed by atoms with Crippen molar-refractivity contribution in [2.75, 3.05) is 13.7 Å². The largest absolute Gasteiger partial charge is 0.493 e. The Kier molecular flexibility index (Phi) is 8.27. The lowest BCUT2D eigenvalue weighted by Gasteiger charge is -2.14. The maximum atomic E-state index is 8.12. The fraction of sp³-hybridized carbons (Fsp3) is 0.462. The van der Waals surface area contributed by atoms with Crippen LogP contribution in [-0.4, -0.2) is 25.9 Å². The first-order chi connectivity index (χ1) is 8.58. The highest BCUT2D eigenvalue weighted by Crippen LogP contribution is 2.28. The molecule has 5 nitrogen and oxygen atoms in total. The molecule has 0 aliphatic rings. The summed E-state index contributed by atoms with van der Waals surface area (Å²) in [6, 6.07) is 5.93. The van der Waals surface area contributed by atoms with Crippen molar-refractivity contribution in [2.24, 2.45) is 5.73 Å². The molecule has 0 saturated carbocycles. The van der Waals surface area contributed by atoms with Crippen molar-refractivity contribution in [2.45, 2.75) is 26.4 Å². The summed E-state index contributed by atoms with van der Waals surface area (Å²) in [6.07, 6.45) is 1.26. The van der Waals surface area contributed by atoms with Crippen LogP contribution in [0.5, 0.6) is 11.5 Å². The molecule has 0 unspecified atom stereocenters. The first-order valence-electron chi connectivity index (χ1n) is 5.61. The van der Waals surface area contributed by atoms with E-state index in [4.69, 9.17) is 24.8 Å². The molecule has 0 saturated heterocycles. The number of benzene rings is 1. The van der Waals surface area contributed by atoms with E-state index >= 15 is 0 Å². The molecule has 0 aliphatic heterocycles. The summed E-state index contributed by atoms with van der Waals surface area (Å²) in [5, 5.41) is 0. The van der Waals surface area contributed by atoms with E-state index in [9.17, 15) is 0 Å². The van der Waals surface area contributed by atoms with Gasteiger partial charge in [-0.05, 0) is 44.5 Å². The third kappa shape index (κ3) is 6.03. The molecule has 18 heavy (non-hydrogen) atoms. The van der Waals surface area contributed by atoms with Crippen LogP contribution in [0.4, 0.5) is 0 Å². The highest BCUT2D eigenvalue weighted by atomic mass is 16.5. The maximum absolute atomic E-state index is 8.12. The van der Waals surface area contributed by atoms with Crippen molar-refractivity contribution >= 4 is 6.15 Å². The fourth-order valence-corrected chi connectivity index (χ4v) is 1.39. The number of methoxy groups -OCH3 is 1. The van der Waals surface area contributed by atoms with Gasteiger partial charge in [0.15, 0.2) is 11.5 Å². The topological polar surface area (TPSA) is 78.6 Å². The summed E-state index contributed by atoms with van der Waals surface area (Å²) in [6.45, 7) is 4.63. The third-order valence-electron chi connectivity index (χ3n) is 2.02. The summed E-state index contributed by atoms with van der Waals surface area (Å²) in [4.78, 5) is 16.2. The van der Waals surface area contributed by atoms with Gasteiger partial charge in [-0.1, -0.05) is 6.07 Å². The van der Waals surface area contributed by atoms with Gasteiger partial charge in [0.25, 0.3) is 0 Å². The van der Waals surface area contributed by atoms with E-state index in [1.807, 2.05) is 32.0 Å². The average Bonchev–Trinajstić information content (AvgIpc) is 2.32. The van der Waals surface area contributed by atoms with Crippen molar-refractivity contribution in [1.82, 2.24) is 0 Å². The summed E-state index contributed by atoms with van der Waals surface area (Å²) in [5.74, 6) is 1.56. The second kappa shape index (κ2) is 9.22. The van der Waals surface area contributed by atoms with Gasteiger partial charge in [-0.15, -0.1) is 0 Å². The number of hydrogen-bond acceptors (Lipinski definition) is 5. The van der Waals surface area contributed by atoms with Gasteiger partial charge in [0.05, 0.1) is 13.2 Å². The van der Waals surface area contributed by atoms with Gasteiger partial charge in [0.2, 0.25) is 0 Å². The fourth-order valence-electron chi connectivity index (χ4n) is 1.39. The first kappa shape index (κ1) is 16.2. The minimum absolute atomic E-state index is 0.152. The summed E-state index contributed by atoms with van der Waals surface area (Å²) < 4.78 is 10.9. The van der Waals surface area contributed by atoms with Crippen LogP contribution in [-0.2, 0) is 16.0 Å². The summed E-state index contributed by atoms with van der Waals surface area (Å²) in [5.41, 5.74) is 6.67. The van der Waals surface area contributed by atoms with E-state index in [0.717, 1.165) is 17.9 Å². The first-order valence-corrected chi connectivity index (χ1v) is 5.61. The van der Waals surface area contributed by atoms with Gasteiger partial charge < -0.3 is 15.2 Å². The number of ether oxygens (including phenoxy) is 2. The van der Waals surface area contributed by atoms with E-state index < -0.39 is 0 Å². The molecule has 0 aliphatic carbocycles.